The van der Waals surface area contributed by atoms with Crippen molar-refractivity contribution in [1.82, 2.24) is 24.9 Å². The van der Waals surface area contributed by atoms with Crippen molar-refractivity contribution in [2.75, 3.05) is 22.5 Å². The molecular formula is C20H16F3N9O. The van der Waals surface area contributed by atoms with Gasteiger partial charge in [-0.3, -0.25) is 4.98 Å². The molecule has 0 aliphatic rings. The van der Waals surface area contributed by atoms with Crippen LogP contribution in [0.5, 0.6) is 11.5 Å². The lowest BCUT2D eigenvalue weighted by atomic mass is 10.2. The van der Waals surface area contributed by atoms with E-state index < -0.39 is 11.9 Å². The van der Waals surface area contributed by atoms with Gasteiger partial charge in [-0.1, -0.05) is 0 Å². The van der Waals surface area contributed by atoms with Gasteiger partial charge in [0.2, 0.25) is 11.9 Å². The zero-order chi connectivity index (χ0) is 23.6. The molecule has 4 rings (SSSR count). The van der Waals surface area contributed by atoms with Gasteiger partial charge in [-0.2, -0.15) is 23.1 Å². The summed E-state index contributed by atoms with van der Waals surface area (Å²) in [5.41, 5.74) is 17.6. The Hall–Kier alpha value is -4.68. The van der Waals surface area contributed by atoms with Gasteiger partial charge < -0.3 is 27.3 Å². The number of hydrogen-bond donors (Lipinski definition) is 4. The number of alkyl halides is 3. The van der Waals surface area contributed by atoms with Crippen LogP contribution in [0, 0.1) is 0 Å². The molecule has 7 N–H and O–H groups in total. The van der Waals surface area contributed by atoms with Gasteiger partial charge in [-0.25, -0.2) is 9.97 Å². The molecule has 0 bridgehead atoms. The molecule has 0 saturated carbocycles. The van der Waals surface area contributed by atoms with Crippen LogP contribution < -0.4 is 27.3 Å². The predicted molar refractivity (Wildman–Crippen MR) is 115 cm³/mol. The van der Waals surface area contributed by atoms with Crippen LogP contribution in [0.2, 0.25) is 0 Å². The highest BCUT2D eigenvalue weighted by Crippen LogP contribution is 2.31. The summed E-state index contributed by atoms with van der Waals surface area (Å²) in [7, 11) is 0. The number of benzene rings is 1. The van der Waals surface area contributed by atoms with E-state index in [1.807, 2.05) is 0 Å². The van der Waals surface area contributed by atoms with Crippen molar-refractivity contribution in [2.24, 2.45) is 0 Å². The van der Waals surface area contributed by atoms with Crippen molar-refractivity contribution in [3.63, 3.8) is 0 Å². The maximum atomic E-state index is 12.8. The number of nitrogens with two attached hydrogens (primary N) is 3. The van der Waals surface area contributed by atoms with E-state index in [9.17, 15) is 13.2 Å². The second kappa shape index (κ2) is 8.45. The highest BCUT2D eigenvalue weighted by Gasteiger charge is 2.32. The quantitative estimate of drug-likeness (QED) is 0.349. The van der Waals surface area contributed by atoms with Crippen molar-refractivity contribution in [2.45, 2.75) is 6.18 Å². The number of hydrogen-bond acceptors (Lipinski definition) is 10. The van der Waals surface area contributed by atoms with E-state index in [1.165, 1.54) is 18.3 Å². The number of aromatic nitrogens is 5. The number of pyridine rings is 1. The first-order chi connectivity index (χ1) is 15.7. The van der Waals surface area contributed by atoms with Crippen molar-refractivity contribution < 1.29 is 17.9 Å². The molecule has 0 saturated heterocycles. The lowest BCUT2D eigenvalue weighted by Crippen LogP contribution is -2.07. The van der Waals surface area contributed by atoms with E-state index in [2.05, 4.69) is 30.2 Å². The molecule has 13 heteroatoms. The van der Waals surface area contributed by atoms with Crippen LogP contribution in [0.3, 0.4) is 0 Å². The van der Waals surface area contributed by atoms with Gasteiger partial charge in [0.15, 0.2) is 0 Å². The topological polar surface area (TPSA) is 164 Å². The maximum Gasteiger partial charge on any atom is 0.433 e. The molecule has 33 heavy (non-hydrogen) atoms. The number of anilines is 5. The monoisotopic (exact) mass is 455 g/mol. The summed E-state index contributed by atoms with van der Waals surface area (Å²) in [6.45, 7) is 0. The Morgan fingerprint density at radius 2 is 1.61 bits per heavy atom. The summed E-state index contributed by atoms with van der Waals surface area (Å²) in [5.74, 6) is 0.847. The third-order valence-corrected chi connectivity index (χ3v) is 4.23. The van der Waals surface area contributed by atoms with Crippen molar-refractivity contribution in [3.05, 3.63) is 60.6 Å². The van der Waals surface area contributed by atoms with Gasteiger partial charge in [0, 0.05) is 30.2 Å². The summed E-state index contributed by atoms with van der Waals surface area (Å²) in [6.07, 6.45) is -2.10. The van der Waals surface area contributed by atoms with Gasteiger partial charge in [-0.05, 0) is 30.3 Å². The van der Waals surface area contributed by atoms with Crippen LogP contribution >= 0.6 is 0 Å². The molecule has 0 amide bonds. The third-order valence-electron chi connectivity index (χ3n) is 4.23. The fraction of sp³-hybridized carbons (Fsp3) is 0.0500. The van der Waals surface area contributed by atoms with E-state index in [0.717, 1.165) is 12.3 Å². The molecule has 0 atom stereocenters. The summed E-state index contributed by atoms with van der Waals surface area (Å²) in [6, 6.07) is 10.1. The Morgan fingerprint density at radius 3 is 2.30 bits per heavy atom. The van der Waals surface area contributed by atoms with E-state index >= 15 is 0 Å². The third kappa shape index (κ3) is 5.15. The Balaban J connectivity index is 1.51. The number of ether oxygens (including phenoxy) is 1. The van der Waals surface area contributed by atoms with Gasteiger partial charge in [-0.15, -0.1) is 0 Å². The fourth-order valence-electron chi connectivity index (χ4n) is 2.77. The molecular weight excluding hydrogens is 439 g/mol. The highest BCUT2D eigenvalue weighted by molar-refractivity contribution is 5.73. The first kappa shape index (κ1) is 21.5. The van der Waals surface area contributed by atoms with Crippen molar-refractivity contribution in [3.8, 4) is 22.8 Å². The van der Waals surface area contributed by atoms with Gasteiger partial charge in [0.05, 0.1) is 11.3 Å². The summed E-state index contributed by atoms with van der Waals surface area (Å²) >= 11 is 0. The standard InChI is InChI=1S/C20H16F3N9O/c21-20(22,23)15-7-12(5-6-27-15)33-11-3-1-10(2-4-11)29-19-30-14(8-16(24)31-19)13-9-28-18(26)32-17(13)25/h1-9H,(H3,24,29,30,31)(H4,25,26,28,32). The number of nitrogens with zero attached hydrogens (tertiary/aromatic N) is 5. The first-order valence-electron chi connectivity index (χ1n) is 9.28. The minimum atomic E-state index is -4.56. The summed E-state index contributed by atoms with van der Waals surface area (Å²) in [4.78, 5) is 19.6. The molecule has 1 aromatic carbocycles. The van der Waals surface area contributed by atoms with E-state index in [0.29, 0.717) is 22.7 Å². The molecule has 4 aromatic rings. The Morgan fingerprint density at radius 1 is 0.848 bits per heavy atom. The fourth-order valence-corrected chi connectivity index (χ4v) is 2.77. The zero-order valence-corrected chi connectivity index (χ0v) is 16.7. The molecule has 0 aliphatic heterocycles. The minimum absolute atomic E-state index is 0.00477. The van der Waals surface area contributed by atoms with Crippen LogP contribution in [0.25, 0.3) is 11.3 Å². The molecule has 0 radical (unpaired) electrons. The normalized spacial score (nSPS) is 11.2. The van der Waals surface area contributed by atoms with Gasteiger partial charge >= 0.3 is 6.18 Å². The molecule has 168 valence electrons. The largest absolute Gasteiger partial charge is 0.457 e. The average molecular weight is 455 g/mol. The molecule has 0 aliphatic carbocycles. The lowest BCUT2D eigenvalue weighted by Gasteiger charge is -2.11. The number of halogens is 3. The molecule has 0 spiro atoms. The minimum Gasteiger partial charge on any atom is -0.457 e. The van der Waals surface area contributed by atoms with Crippen molar-refractivity contribution >= 4 is 29.2 Å². The second-order valence-corrected chi connectivity index (χ2v) is 6.65. The Labute approximate surface area is 184 Å². The molecule has 0 unspecified atom stereocenters. The van der Waals surface area contributed by atoms with E-state index in [4.69, 9.17) is 21.9 Å². The lowest BCUT2D eigenvalue weighted by molar-refractivity contribution is -0.141. The van der Waals surface area contributed by atoms with Crippen LogP contribution in [0.15, 0.2) is 54.9 Å². The van der Waals surface area contributed by atoms with Crippen molar-refractivity contribution in [1.29, 1.82) is 0 Å². The smallest absolute Gasteiger partial charge is 0.433 e. The average Bonchev–Trinajstić information content (AvgIpc) is 2.74. The van der Waals surface area contributed by atoms with Crippen LogP contribution in [0.1, 0.15) is 5.69 Å². The molecule has 3 aromatic heterocycles. The predicted octanol–water partition coefficient (Wildman–Crippen LogP) is 3.63. The SMILES string of the molecule is Nc1cc(-c2cnc(N)nc2N)nc(Nc2ccc(Oc3ccnc(C(F)(F)F)c3)cc2)n1. The van der Waals surface area contributed by atoms with Gasteiger partial charge in [0.1, 0.15) is 28.8 Å². The van der Waals surface area contributed by atoms with E-state index in [-0.39, 0.29) is 29.3 Å². The second-order valence-electron chi connectivity index (χ2n) is 6.65. The molecule has 0 fully saturated rings. The Bertz CT molecular complexity index is 1300. The molecule has 3 heterocycles. The number of rotatable bonds is 5. The highest BCUT2D eigenvalue weighted by atomic mass is 19.4. The first-order valence-corrected chi connectivity index (χ1v) is 9.28. The van der Waals surface area contributed by atoms with E-state index in [1.54, 1.807) is 24.3 Å². The summed E-state index contributed by atoms with van der Waals surface area (Å²) < 4.78 is 43.9. The zero-order valence-electron chi connectivity index (χ0n) is 16.7. The number of nitrogen functional groups attached to an aromatic ring is 3. The maximum absolute atomic E-state index is 12.8. The van der Waals surface area contributed by atoms with Crippen LogP contribution in [-0.4, -0.2) is 24.9 Å². The van der Waals surface area contributed by atoms with Gasteiger partial charge in [0.25, 0.3) is 0 Å². The number of nitrogens with one attached hydrogen (secondary N) is 1. The van der Waals surface area contributed by atoms with Crippen LogP contribution in [-0.2, 0) is 6.18 Å². The van der Waals surface area contributed by atoms with Crippen LogP contribution in [0.4, 0.5) is 42.4 Å². The molecule has 10 nitrogen and oxygen atoms in total. The Kier molecular flexibility index (Phi) is 5.52. The summed E-state index contributed by atoms with van der Waals surface area (Å²) in [5, 5.41) is 2.98.